The van der Waals surface area contributed by atoms with E-state index in [4.69, 9.17) is 0 Å². The lowest BCUT2D eigenvalue weighted by Crippen LogP contribution is -2.37. The van der Waals surface area contributed by atoms with Crippen molar-refractivity contribution in [3.05, 3.63) is 59.7 Å². The van der Waals surface area contributed by atoms with E-state index in [1.54, 1.807) is 28.0 Å². The van der Waals surface area contributed by atoms with Crippen molar-refractivity contribution < 1.29 is 14.4 Å². The summed E-state index contributed by atoms with van der Waals surface area (Å²) in [6.07, 6.45) is 1.79. The lowest BCUT2D eigenvalue weighted by atomic mass is 9.99. The molecule has 5 heteroatoms. The Kier molecular flexibility index (Phi) is 3.84. The first-order chi connectivity index (χ1) is 12.1. The molecule has 2 heterocycles. The number of carbonyl (C=O) groups is 3. The molecule has 0 saturated carbocycles. The van der Waals surface area contributed by atoms with E-state index in [1.165, 1.54) is 0 Å². The number of fused-ring (bicyclic) bond motifs is 1. The van der Waals surface area contributed by atoms with E-state index in [0.29, 0.717) is 36.2 Å². The van der Waals surface area contributed by atoms with Crippen molar-refractivity contribution in [3.63, 3.8) is 0 Å². The molecule has 4 rings (SSSR count). The molecular formula is C20H18N2O3. The summed E-state index contributed by atoms with van der Waals surface area (Å²) in [5, 5.41) is 0. The summed E-state index contributed by atoms with van der Waals surface area (Å²) in [5.74, 6) is 0.0735. The van der Waals surface area contributed by atoms with Gasteiger partial charge in [-0.05, 0) is 42.8 Å². The van der Waals surface area contributed by atoms with Gasteiger partial charge >= 0.3 is 0 Å². The minimum absolute atomic E-state index is 0.0718. The number of hydrogen-bond acceptors (Lipinski definition) is 3. The van der Waals surface area contributed by atoms with Gasteiger partial charge in [0.15, 0.2) is 5.78 Å². The van der Waals surface area contributed by atoms with Crippen LogP contribution in [0.25, 0.3) is 0 Å². The summed E-state index contributed by atoms with van der Waals surface area (Å²) in [6, 6.07) is 14.4. The van der Waals surface area contributed by atoms with Gasteiger partial charge in [0.2, 0.25) is 5.91 Å². The van der Waals surface area contributed by atoms with E-state index in [0.717, 1.165) is 18.7 Å². The maximum absolute atomic E-state index is 12.9. The van der Waals surface area contributed by atoms with E-state index in [-0.39, 0.29) is 17.6 Å². The van der Waals surface area contributed by atoms with Crippen molar-refractivity contribution in [3.8, 4) is 0 Å². The zero-order valence-electron chi connectivity index (χ0n) is 13.8. The Bertz CT molecular complexity index is 857. The molecule has 0 bridgehead atoms. The number of para-hydroxylation sites is 1. The standard InChI is InChI=1S/C20H18N2O3/c23-18-11-13-22(17-5-2-1-4-16(17)18)20(25)14-7-9-15(10-8-14)21-12-3-6-19(21)24/h1-2,4-5,7-10H,3,6,11-13H2. The highest BCUT2D eigenvalue weighted by atomic mass is 16.2. The molecule has 0 radical (unpaired) electrons. The van der Waals surface area contributed by atoms with E-state index < -0.39 is 0 Å². The third kappa shape index (κ3) is 2.71. The number of amides is 2. The second-order valence-corrected chi connectivity index (χ2v) is 6.34. The molecule has 25 heavy (non-hydrogen) atoms. The van der Waals surface area contributed by atoms with Crippen LogP contribution in [-0.2, 0) is 4.79 Å². The van der Waals surface area contributed by atoms with Gasteiger partial charge in [-0.1, -0.05) is 12.1 Å². The molecule has 2 aliphatic heterocycles. The van der Waals surface area contributed by atoms with Crippen molar-refractivity contribution in [2.24, 2.45) is 0 Å². The second kappa shape index (κ2) is 6.16. The normalized spacial score (nSPS) is 17.0. The predicted molar refractivity (Wildman–Crippen MR) is 95.1 cm³/mol. The topological polar surface area (TPSA) is 57.7 Å². The Morgan fingerprint density at radius 3 is 2.36 bits per heavy atom. The van der Waals surface area contributed by atoms with Crippen LogP contribution in [0.3, 0.4) is 0 Å². The zero-order valence-corrected chi connectivity index (χ0v) is 13.8. The highest BCUT2D eigenvalue weighted by molar-refractivity contribution is 6.13. The lowest BCUT2D eigenvalue weighted by molar-refractivity contribution is -0.117. The van der Waals surface area contributed by atoms with E-state index in [1.807, 2.05) is 30.3 Å². The number of nitrogens with zero attached hydrogens (tertiary/aromatic N) is 2. The molecule has 0 atom stereocenters. The largest absolute Gasteiger partial charge is 0.312 e. The van der Waals surface area contributed by atoms with Gasteiger partial charge in [-0.3, -0.25) is 14.4 Å². The Hall–Kier alpha value is -2.95. The first-order valence-electron chi connectivity index (χ1n) is 8.50. The van der Waals surface area contributed by atoms with E-state index >= 15 is 0 Å². The van der Waals surface area contributed by atoms with Gasteiger partial charge in [-0.2, -0.15) is 0 Å². The molecule has 0 N–H and O–H groups in total. The van der Waals surface area contributed by atoms with Crippen LogP contribution in [0.15, 0.2) is 48.5 Å². The summed E-state index contributed by atoms with van der Waals surface area (Å²) in [6.45, 7) is 1.12. The van der Waals surface area contributed by atoms with Crippen LogP contribution in [0.5, 0.6) is 0 Å². The van der Waals surface area contributed by atoms with Crippen LogP contribution in [0.1, 0.15) is 40.0 Å². The molecule has 5 nitrogen and oxygen atoms in total. The molecule has 126 valence electrons. The molecule has 2 aromatic rings. The molecule has 0 unspecified atom stereocenters. The fraction of sp³-hybridized carbons (Fsp3) is 0.250. The Morgan fingerprint density at radius 2 is 1.64 bits per heavy atom. The van der Waals surface area contributed by atoms with Crippen molar-refractivity contribution in [2.75, 3.05) is 22.9 Å². The number of Topliss-reactive ketones (excluding diaryl/α,β-unsaturated/α-hetero) is 1. The van der Waals surface area contributed by atoms with Crippen LogP contribution in [0.4, 0.5) is 11.4 Å². The van der Waals surface area contributed by atoms with Crippen molar-refractivity contribution in [1.82, 2.24) is 0 Å². The van der Waals surface area contributed by atoms with Gasteiger partial charge in [0, 0.05) is 42.7 Å². The van der Waals surface area contributed by atoms with Crippen LogP contribution < -0.4 is 9.80 Å². The average molecular weight is 334 g/mol. The molecule has 2 amide bonds. The minimum Gasteiger partial charge on any atom is -0.312 e. The maximum Gasteiger partial charge on any atom is 0.258 e. The quantitative estimate of drug-likeness (QED) is 0.848. The molecular weight excluding hydrogens is 316 g/mol. The van der Waals surface area contributed by atoms with E-state index in [9.17, 15) is 14.4 Å². The summed E-state index contributed by atoms with van der Waals surface area (Å²) >= 11 is 0. The molecule has 1 fully saturated rings. The summed E-state index contributed by atoms with van der Waals surface area (Å²) in [5.41, 5.74) is 2.65. The Labute approximate surface area is 145 Å². The number of benzene rings is 2. The second-order valence-electron chi connectivity index (χ2n) is 6.34. The lowest BCUT2D eigenvalue weighted by Gasteiger charge is -2.28. The molecule has 1 saturated heterocycles. The molecule has 0 aliphatic carbocycles. The van der Waals surface area contributed by atoms with Gasteiger partial charge in [0.05, 0.1) is 5.69 Å². The van der Waals surface area contributed by atoms with Crippen LogP contribution in [0, 0.1) is 0 Å². The number of ketones is 1. The van der Waals surface area contributed by atoms with Crippen molar-refractivity contribution in [1.29, 1.82) is 0 Å². The molecule has 2 aliphatic rings. The van der Waals surface area contributed by atoms with Crippen molar-refractivity contribution >= 4 is 29.0 Å². The highest BCUT2D eigenvalue weighted by Gasteiger charge is 2.28. The van der Waals surface area contributed by atoms with Gasteiger partial charge < -0.3 is 9.80 Å². The summed E-state index contributed by atoms with van der Waals surface area (Å²) in [7, 11) is 0. The van der Waals surface area contributed by atoms with Crippen LogP contribution >= 0.6 is 0 Å². The maximum atomic E-state index is 12.9. The van der Waals surface area contributed by atoms with E-state index in [2.05, 4.69) is 0 Å². The zero-order chi connectivity index (χ0) is 17.4. The highest BCUT2D eigenvalue weighted by Crippen LogP contribution is 2.29. The number of anilines is 2. The Morgan fingerprint density at radius 1 is 0.880 bits per heavy atom. The molecule has 0 aromatic heterocycles. The van der Waals surface area contributed by atoms with Crippen molar-refractivity contribution in [2.45, 2.75) is 19.3 Å². The van der Waals surface area contributed by atoms with Gasteiger partial charge in [0.1, 0.15) is 0 Å². The van der Waals surface area contributed by atoms with Crippen LogP contribution in [0.2, 0.25) is 0 Å². The first kappa shape index (κ1) is 15.6. The fourth-order valence-electron chi connectivity index (χ4n) is 3.49. The SMILES string of the molecule is O=C1CCN(C(=O)c2ccc(N3CCCC3=O)cc2)c2ccccc21. The summed E-state index contributed by atoms with van der Waals surface area (Å²) < 4.78 is 0. The molecule has 0 spiro atoms. The third-order valence-electron chi connectivity index (χ3n) is 4.80. The monoisotopic (exact) mass is 334 g/mol. The predicted octanol–water partition coefficient (Wildman–Crippen LogP) is 3.05. The first-order valence-corrected chi connectivity index (χ1v) is 8.50. The average Bonchev–Trinajstić information content (AvgIpc) is 3.08. The third-order valence-corrected chi connectivity index (χ3v) is 4.80. The number of hydrogen-bond donors (Lipinski definition) is 0. The number of carbonyl (C=O) groups excluding carboxylic acids is 3. The molecule has 2 aromatic carbocycles. The smallest absolute Gasteiger partial charge is 0.258 e. The van der Waals surface area contributed by atoms with Gasteiger partial charge in [-0.25, -0.2) is 0 Å². The Balaban J connectivity index is 1.60. The summed E-state index contributed by atoms with van der Waals surface area (Å²) in [4.78, 5) is 40.2. The fourth-order valence-corrected chi connectivity index (χ4v) is 3.49. The minimum atomic E-state index is -0.126. The van der Waals surface area contributed by atoms with Gasteiger partial charge in [-0.15, -0.1) is 0 Å². The van der Waals surface area contributed by atoms with Crippen LogP contribution in [-0.4, -0.2) is 30.7 Å². The van der Waals surface area contributed by atoms with Gasteiger partial charge in [0.25, 0.3) is 5.91 Å². The number of rotatable bonds is 2.